The fourth-order valence-corrected chi connectivity index (χ4v) is 1.67. The minimum absolute atomic E-state index is 0.387. The molecule has 2 rings (SSSR count). The van der Waals surface area contributed by atoms with E-state index in [4.69, 9.17) is 4.74 Å². The molecule has 0 fully saturated rings. The molecule has 94 valence electrons. The van der Waals surface area contributed by atoms with Gasteiger partial charge in [-0.25, -0.2) is 8.78 Å². The fraction of sp³-hybridized carbons (Fsp3) is 0.200. The van der Waals surface area contributed by atoms with Crippen molar-refractivity contribution in [2.75, 3.05) is 6.61 Å². The molecule has 0 saturated heterocycles. The first kappa shape index (κ1) is 12.6. The predicted octanol–water partition coefficient (Wildman–Crippen LogP) is 4.42. The van der Waals surface area contributed by atoms with Crippen LogP contribution in [0.25, 0.3) is 11.1 Å². The Balaban J connectivity index is 2.23. The molecule has 1 nitrogen and oxygen atoms in total. The zero-order valence-electron chi connectivity index (χ0n) is 10.1. The van der Waals surface area contributed by atoms with Crippen LogP contribution in [0.15, 0.2) is 42.5 Å². The molecule has 0 spiro atoms. The minimum Gasteiger partial charge on any atom is -0.494 e. The average molecular weight is 248 g/mol. The monoisotopic (exact) mass is 248 g/mol. The van der Waals surface area contributed by atoms with Crippen molar-refractivity contribution < 1.29 is 13.5 Å². The van der Waals surface area contributed by atoms with Crippen LogP contribution in [0.3, 0.4) is 0 Å². The van der Waals surface area contributed by atoms with Crippen LogP contribution < -0.4 is 4.74 Å². The number of ether oxygens (including phenoxy) is 1. The summed E-state index contributed by atoms with van der Waals surface area (Å²) in [6.45, 7) is 2.69. The maximum atomic E-state index is 13.6. The zero-order chi connectivity index (χ0) is 13.0. The van der Waals surface area contributed by atoms with Gasteiger partial charge < -0.3 is 4.74 Å². The minimum atomic E-state index is -0.570. The van der Waals surface area contributed by atoms with Crippen LogP contribution in [0.4, 0.5) is 8.78 Å². The summed E-state index contributed by atoms with van der Waals surface area (Å²) in [6.07, 6.45) is 0.939. The molecule has 0 unspecified atom stereocenters. The third kappa shape index (κ3) is 2.86. The second-order valence-corrected chi connectivity index (χ2v) is 4.00. The molecule has 0 saturated carbocycles. The number of hydrogen-bond donors (Lipinski definition) is 0. The molecule has 0 N–H and O–H groups in total. The molecule has 0 radical (unpaired) electrons. The van der Waals surface area contributed by atoms with Gasteiger partial charge in [-0.15, -0.1) is 0 Å². The average Bonchev–Trinajstić information content (AvgIpc) is 2.37. The number of halogens is 2. The summed E-state index contributed by atoms with van der Waals surface area (Å²) < 4.78 is 31.8. The van der Waals surface area contributed by atoms with Gasteiger partial charge in [0.05, 0.1) is 6.61 Å². The Bertz CT molecular complexity index is 521. The van der Waals surface area contributed by atoms with Crippen LogP contribution in [-0.2, 0) is 0 Å². The molecule has 0 heterocycles. The van der Waals surface area contributed by atoms with Gasteiger partial charge in [-0.3, -0.25) is 0 Å². The highest BCUT2D eigenvalue weighted by molar-refractivity contribution is 5.64. The van der Waals surface area contributed by atoms with Gasteiger partial charge in [0.25, 0.3) is 0 Å². The van der Waals surface area contributed by atoms with E-state index in [1.54, 1.807) is 24.3 Å². The van der Waals surface area contributed by atoms with Crippen molar-refractivity contribution in [1.29, 1.82) is 0 Å². The molecule has 0 aliphatic rings. The smallest absolute Gasteiger partial charge is 0.133 e. The Morgan fingerprint density at radius 2 is 1.72 bits per heavy atom. The van der Waals surface area contributed by atoms with Gasteiger partial charge in [-0.1, -0.05) is 19.1 Å². The van der Waals surface area contributed by atoms with Crippen molar-refractivity contribution in [3.8, 4) is 16.9 Å². The van der Waals surface area contributed by atoms with Crippen LogP contribution in [0.2, 0.25) is 0 Å². The predicted molar refractivity (Wildman–Crippen MR) is 67.6 cm³/mol. The molecule has 2 aromatic rings. The molecule has 0 amide bonds. The van der Waals surface area contributed by atoms with E-state index >= 15 is 0 Å². The van der Waals surface area contributed by atoms with E-state index in [2.05, 4.69) is 0 Å². The molecular formula is C15H14F2O. The number of hydrogen-bond acceptors (Lipinski definition) is 1. The molecule has 3 heteroatoms. The highest BCUT2D eigenvalue weighted by Crippen LogP contribution is 2.25. The summed E-state index contributed by atoms with van der Waals surface area (Å²) in [5.74, 6) is -0.375. The summed E-state index contributed by atoms with van der Waals surface area (Å²) in [4.78, 5) is 0. The quantitative estimate of drug-likeness (QED) is 0.778. The lowest BCUT2D eigenvalue weighted by Crippen LogP contribution is -1.94. The van der Waals surface area contributed by atoms with Crippen LogP contribution in [0.5, 0.6) is 5.75 Å². The zero-order valence-corrected chi connectivity index (χ0v) is 10.1. The number of benzene rings is 2. The third-order valence-electron chi connectivity index (χ3n) is 2.57. The Morgan fingerprint density at radius 3 is 2.33 bits per heavy atom. The van der Waals surface area contributed by atoms with E-state index in [1.165, 1.54) is 12.1 Å². The lowest BCUT2D eigenvalue weighted by molar-refractivity contribution is 0.317. The van der Waals surface area contributed by atoms with Gasteiger partial charge in [0.1, 0.15) is 17.4 Å². The van der Waals surface area contributed by atoms with Crippen LogP contribution in [0.1, 0.15) is 13.3 Å². The molecular weight excluding hydrogens is 234 g/mol. The first-order chi connectivity index (χ1) is 8.70. The third-order valence-corrected chi connectivity index (χ3v) is 2.57. The van der Waals surface area contributed by atoms with Crippen molar-refractivity contribution >= 4 is 0 Å². The molecule has 18 heavy (non-hydrogen) atoms. The molecule has 0 aliphatic heterocycles. The second-order valence-electron chi connectivity index (χ2n) is 4.00. The van der Waals surface area contributed by atoms with E-state index in [1.807, 2.05) is 6.92 Å². The van der Waals surface area contributed by atoms with Crippen molar-refractivity contribution in [2.45, 2.75) is 13.3 Å². The van der Waals surface area contributed by atoms with Gasteiger partial charge in [-0.05, 0) is 36.2 Å². The number of rotatable bonds is 4. The summed E-state index contributed by atoms with van der Waals surface area (Å²) in [6, 6.07) is 10.7. The molecule has 2 aromatic carbocycles. The topological polar surface area (TPSA) is 9.23 Å². The summed E-state index contributed by atoms with van der Waals surface area (Å²) in [5.41, 5.74) is 1.09. The SMILES string of the molecule is CCCOc1ccc(-c2ccc(F)cc2F)cc1. The summed E-state index contributed by atoms with van der Waals surface area (Å²) in [7, 11) is 0. The van der Waals surface area contributed by atoms with Gasteiger partial charge in [-0.2, -0.15) is 0 Å². The summed E-state index contributed by atoms with van der Waals surface area (Å²) >= 11 is 0. The van der Waals surface area contributed by atoms with Crippen molar-refractivity contribution in [3.63, 3.8) is 0 Å². The normalized spacial score (nSPS) is 10.4. The van der Waals surface area contributed by atoms with Crippen molar-refractivity contribution in [3.05, 3.63) is 54.1 Å². The Labute approximate surface area is 105 Å². The van der Waals surface area contributed by atoms with Gasteiger partial charge in [0.15, 0.2) is 0 Å². The highest BCUT2D eigenvalue weighted by Gasteiger charge is 2.06. The van der Waals surface area contributed by atoms with E-state index in [-0.39, 0.29) is 0 Å². The van der Waals surface area contributed by atoms with Crippen LogP contribution in [0, 0.1) is 11.6 Å². The lowest BCUT2D eigenvalue weighted by Gasteiger charge is -2.07. The fourth-order valence-electron chi connectivity index (χ4n) is 1.67. The maximum absolute atomic E-state index is 13.6. The van der Waals surface area contributed by atoms with E-state index in [9.17, 15) is 8.78 Å². The Hall–Kier alpha value is -1.90. The van der Waals surface area contributed by atoms with Gasteiger partial charge >= 0.3 is 0 Å². The van der Waals surface area contributed by atoms with Gasteiger partial charge in [0, 0.05) is 11.6 Å². The highest BCUT2D eigenvalue weighted by atomic mass is 19.1. The first-order valence-corrected chi connectivity index (χ1v) is 5.89. The molecule has 0 atom stereocenters. The van der Waals surface area contributed by atoms with E-state index < -0.39 is 11.6 Å². The molecule has 0 aromatic heterocycles. The summed E-state index contributed by atoms with van der Waals surface area (Å²) in [5, 5.41) is 0. The van der Waals surface area contributed by atoms with Crippen molar-refractivity contribution in [2.24, 2.45) is 0 Å². The Kier molecular flexibility index (Phi) is 3.92. The Morgan fingerprint density at radius 1 is 1.00 bits per heavy atom. The van der Waals surface area contributed by atoms with Gasteiger partial charge in [0.2, 0.25) is 0 Å². The van der Waals surface area contributed by atoms with E-state index in [0.717, 1.165) is 18.2 Å². The van der Waals surface area contributed by atoms with Crippen LogP contribution in [-0.4, -0.2) is 6.61 Å². The molecule has 0 bridgehead atoms. The molecule has 0 aliphatic carbocycles. The maximum Gasteiger partial charge on any atom is 0.133 e. The standard InChI is InChI=1S/C15H14F2O/c1-2-9-18-13-6-3-11(4-7-13)14-8-5-12(16)10-15(14)17/h3-8,10H,2,9H2,1H3. The lowest BCUT2D eigenvalue weighted by atomic mass is 10.1. The second kappa shape index (κ2) is 5.63. The van der Waals surface area contributed by atoms with Crippen molar-refractivity contribution in [1.82, 2.24) is 0 Å². The van der Waals surface area contributed by atoms with E-state index in [0.29, 0.717) is 17.7 Å². The first-order valence-electron chi connectivity index (χ1n) is 5.89. The largest absolute Gasteiger partial charge is 0.494 e. The van der Waals surface area contributed by atoms with Crippen LogP contribution >= 0.6 is 0 Å².